The third-order valence-corrected chi connectivity index (χ3v) is 2.26. The number of ether oxygens (including phenoxy) is 2. The third-order valence-electron chi connectivity index (χ3n) is 2.26. The predicted octanol–water partition coefficient (Wildman–Crippen LogP) is 1.98. The van der Waals surface area contributed by atoms with E-state index in [0.29, 0.717) is 17.1 Å². The first-order valence-electron chi connectivity index (χ1n) is 5.19. The smallest absolute Gasteiger partial charge is 0.331 e. The Morgan fingerprint density at radius 1 is 1.50 bits per heavy atom. The maximum atomic E-state index is 10.6. The Morgan fingerprint density at radius 3 is 2.78 bits per heavy atom. The second kappa shape index (κ2) is 6.30. The fraction of sp³-hybridized carbons (Fsp3) is 0.231. The number of aliphatic carboxylic acids is 1. The molecule has 0 bridgehead atoms. The SMILES string of the molecule is COc1cc(C#N)ccc1OCC=C(C)C(=O)O. The summed E-state index contributed by atoms with van der Waals surface area (Å²) in [6, 6.07) is 6.77. The summed E-state index contributed by atoms with van der Waals surface area (Å²) in [7, 11) is 1.47. The quantitative estimate of drug-likeness (QED) is 0.805. The lowest BCUT2D eigenvalue weighted by Gasteiger charge is -2.09. The van der Waals surface area contributed by atoms with Gasteiger partial charge in [-0.3, -0.25) is 0 Å². The van der Waals surface area contributed by atoms with Crippen LogP contribution in [0.15, 0.2) is 29.8 Å². The minimum atomic E-state index is -0.981. The van der Waals surface area contributed by atoms with E-state index in [1.165, 1.54) is 20.1 Å². The van der Waals surface area contributed by atoms with Crippen LogP contribution in [-0.4, -0.2) is 24.8 Å². The normalized spacial score (nSPS) is 10.6. The van der Waals surface area contributed by atoms with E-state index in [4.69, 9.17) is 19.8 Å². The largest absolute Gasteiger partial charge is 0.493 e. The first kappa shape index (κ1) is 13.6. The van der Waals surface area contributed by atoms with Crippen LogP contribution in [0, 0.1) is 11.3 Å². The number of benzene rings is 1. The molecule has 0 saturated carbocycles. The van der Waals surface area contributed by atoms with Gasteiger partial charge in [0.2, 0.25) is 0 Å². The molecule has 0 amide bonds. The first-order valence-corrected chi connectivity index (χ1v) is 5.19. The highest BCUT2D eigenvalue weighted by atomic mass is 16.5. The Bertz CT molecular complexity index is 514. The van der Waals surface area contributed by atoms with Gasteiger partial charge in [0.25, 0.3) is 0 Å². The molecular weight excluding hydrogens is 234 g/mol. The van der Waals surface area contributed by atoms with Gasteiger partial charge in [-0.15, -0.1) is 0 Å². The number of rotatable bonds is 5. The molecule has 0 fully saturated rings. The van der Waals surface area contributed by atoms with Gasteiger partial charge in [-0.1, -0.05) is 0 Å². The van der Waals surface area contributed by atoms with Crippen molar-refractivity contribution in [1.82, 2.24) is 0 Å². The van der Waals surface area contributed by atoms with E-state index in [2.05, 4.69) is 0 Å². The summed E-state index contributed by atoms with van der Waals surface area (Å²) in [5, 5.41) is 17.4. The zero-order valence-electron chi connectivity index (χ0n) is 10.1. The molecule has 0 aromatic heterocycles. The molecule has 5 nitrogen and oxygen atoms in total. The summed E-state index contributed by atoms with van der Waals surface area (Å²) < 4.78 is 10.5. The average molecular weight is 247 g/mol. The van der Waals surface area contributed by atoms with Crippen molar-refractivity contribution in [2.24, 2.45) is 0 Å². The zero-order valence-corrected chi connectivity index (χ0v) is 10.1. The molecule has 5 heteroatoms. The predicted molar refractivity (Wildman–Crippen MR) is 64.6 cm³/mol. The summed E-state index contributed by atoms with van der Waals surface area (Å²) in [5.41, 5.74) is 0.680. The Morgan fingerprint density at radius 2 is 2.22 bits per heavy atom. The molecule has 0 spiro atoms. The molecule has 18 heavy (non-hydrogen) atoms. The van der Waals surface area contributed by atoms with Crippen LogP contribution in [0.4, 0.5) is 0 Å². The second-order valence-corrected chi connectivity index (χ2v) is 3.48. The maximum absolute atomic E-state index is 10.6. The molecular formula is C13H13NO4. The van der Waals surface area contributed by atoms with Gasteiger partial charge >= 0.3 is 5.97 Å². The number of hydrogen-bond acceptors (Lipinski definition) is 4. The van der Waals surface area contributed by atoms with Crippen molar-refractivity contribution in [3.05, 3.63) is 35.4 Å². The minimum absolute atomic E-state index is 0.125. The van der Waals surface area contributed by atoms with Gasteiger partial charge in [-0.05, 0) is 25.1 Å². The first-order chi connectivity index (χ1) is 8.58. The van der Waals surface area contributed by atoms with Gasteiger partial charge in [0.05, 0.1) is 18.7 Å². The Balaban J connectivity index is 2.77. The highest BCUT2D eigenvalue weighted by Crippen LogP contribution is 2.27. The van der Waals surface area contributed by atoms with Crippen LogP contribution < -0.4 is 9.47 Å². The van der Waals surface area contributed by atoms with Crippen LogP contribution in [0.3, 0.4) is 0 Å². The van der Waals surface area contributed by atoms with Gasteiger partial charge in [0, 0.05) is 11.6 Å². The summed E-state index contributed by atoms with van der Waals surface area (Å²) in [5.74, 6) is -0.0771. The van der Waals surface area contributed by atoms with Crippen LogP contribution in [0.1, 0.15) is 12.5 Å². The van der Waals surface area contributed by atoms with Crippen molar-refractivity contribution in [3.8, 4) is 17.6 Å². The van der Waals surface area contributed by atoms with Crippen molar-refractivity contribution >= 4 is 5.97 Å². The van der Waals surface area contributed by atoms with Gasteiger partial charge < -0.3 is 14.6 Å². The van der Waals surface area contributed by atoms with Crippen LogP contribution in [-0.2, 0) is 4.79 Å². The van der Waals surface area contributed by atoms with Crippen molar-refractivity contribution in [3.63, 3.8) is 0 Å². The van der Waals surface area contributed by atoms with Crippen LogP contribution in [0.25, 0.3) is 0 Å². The van der Waals surface area contributed by atoms with Gasteiger partial charge in [-0.25, -0.2) is 4.79 Å². The Labute approximate surface area is 105 Å². The van der Waals surface area contributed by atoms with Crippen molar-refractivity contribution < 1.29 is 19.4 Å². The number of nitrogens with zero attached hydrogens (tertiary/aromatic N) is 1. The second-order valence-electron chi connectivity index (χ2n) is 3.48. The summed E-state index contributed by atoms with van der Waals surface area (Å²) >= 11 is 0. The molecule has 0 saturated heterocycles. The van der Waals surface area contributed by atoms with E-state index in [1.54, 1.807) is 18.2 Å². The molecule has 1 aromatic rings. The number of carbonyl (C=O) groups is 1. The van der Waals surface area contributed by atoms with Crippen LogP contribution in [0.5, 0.6) is 11.5 Å². The van der Waals surface area contributed by atoms with Gasteiger partial charge in [-0.2, -0.15) is 5.26 Å². The molecule has 94 valence electrons. The van der Waals surface area contributed by atoms with E-state index < -0.39 is 5.97 Å². The molecule has 0 radical (unpaired) electrons. The standard InChI is InChI=1S/C13H13NO4/c1-9(13(15)16)5-6-18-11-4-3-10(8-14)7-12(11)17-2/h3-5,7H,6H2,1-2H3,(H,15,16). The average Bonchev–Trinajstić information content (AvgIpc) is 2.38. The molecule has 0 unspecified atom stereocenters. The lowest BCUT2D eigenvalue weighted by molar-refractivity contribution is -0.132. The molecule has 1 N–H and O–H groups in total. The van der Waals surface area contributed by atoms with Gasteiger partial charge in [0.15, 0.2) is 11.5 Å². The molecule has 1 rings (SSSR count). The van der Waals surface area contributed by atoms with E-state index >= 15 is 0 Å². The lowest BCUT2D eigenvalue weighted by Crippen LogP contribution is -2.01. The van der Waals surface area contributed by atoms with Crippen LogP contribution >= 0.6 is 0 Å². The lowest BCUT2D eigenvalue weighted by atomic mass is 10.2. The van der Waals surface area contributed by atoms with Gasteiger partial charge in [0.1, 0.15) is 6.61 Å². The minimum Gasteiger partial charge on any atom is -0.493 e. The maximum Gasteiger partial charge on any atom is 0.331 e. The summed E-state index contributed by atoms with van der Waals surface area (Å²) in [6.45, 7) is 1.61. The number of carboxylic acid groups (broad SMARTS) is 1. The van der Waals surface area contributed by atoms with Crippen molar-refractivity contribution in [2.45, 2.75) is 6.92 Å². The number of methoxy groups -OCH3 is 1. The van der Waals surface area contributed by atoms with E-state index in [1.807, 2.05) is 6.07 Å². The highest BCUT2D eigenvalue weighted by Gasteiger charge is 2.05. The molecule has 0 aliphatic carbocycles. The number of hydrogen-bond donors (Lipinski definition) is 1. The molecule has 0 aliphatic heterocycles. The fourth-order valence-electron chi connectivity index (χ4n) is 1.20. The molecule has 0 aliphatic rings. The topological polar surface area (TPSA) is 79.5 Å². The van der Waals surface area contributed by atoms with E-state index in [0.717, 1.165) is 0 Å². The highest BCUT2D eigenvalue weighted by molar-refractivity contribution is 5.85. The van der Waals surface area contributed by atoms with E-state index in [-0.39, 0.29) is 12.2 Å². The van der Waals surface area contributed by atoms with Crippen molar-refractivity contribution in [1.29, 1.82) is 5.26 Å². The zero-order chi connectivity index (χ0) is 13.5. The third kappa shape index (κ3) is 3.52. The summed E-state index contributed by atoms with van der Waals surface area (Å²) in [4.78, 5) is 10.6. The molecule has 0 atom stereocenters. The fourth-order valence-corrected chi connectivity index (χ4v) is 1.20. The van der Waals surface area contributed by atoms with E-state index in [9.17, 15) is 4.79 Å². The number of nitriles is 1. The number of carboxylic acids is 1. The summed E-state index contributed by atoms with van der Waals surface area (Å²) in [6.07, 6.45) is 1.46. The monoisotopic (exact) mass is 247 g/mol. The molecule has 1 aromatic carbocycles. The van der Waals surface area contributed by atoms with Crippen LogP contribution in [0.2, 0.25) is 0 Å². The Hall–Kier alpha value is -2.48. The molecule has 0 heterocycles. The Kier molecular flexibility index (Phi) is 4.76. The van der Waals surface area contributed by atoms with Crippen molar-refractivity contribution in [2.75, 3.05) is 13.7 Å².